The number of anilines is 1. The van der Waals surface area contributed by atoms with Gasteiger partial charge in [-0.1, -0.05) is 48.0 Å². The number of hydrogen-bond acceptors (Lipinski definition) is 2. The van der Waals surface area contributed by atoms with Crippen LogP contribution in [0, 0.1) is 0 Å². The van der Waals surface area contributed by atoms with Gasteiger partial charge in [0.05, 0.1) is 6.04 Å². The van der Waals surface area contributed by atoms with E-state index in [1.807, 2.05) is 54.7 Å². The van der Waals surface area contributed by atoms with Gasteiger partial charge in [-0.3, -0.25) is 9.59 Å². The van der Waals surface area contributed by atoms with E-state index in [1.54, 1.807) is 29.2 Å². The number of para-hydroxylation sites is 1. The van der Waals surface area contributed by atoms with Crippen molar-refractivity contribution in [3.05, 3.63) is 101 Å². The SMILES string of the molecule is O=C(CN1C(=O)c2ccccc2[C@H]1c1c[nH]c2ccccc12)Nc1ccc(Cl)cc1. The molecule has 3 aromatic carbocycles. The molecule has 5 nitrogen and oxygen atoms in total. The van der Waals surface area contributed by atoms with Crippen LogP contribution in [0.2, 0.25) is 5.02 Å². The molecule has 1 aliphatic heterocycles. The number of H-pyrrole nitrogens is 1. The maximum Gasteiger partial charge on any atom is 0.255 e. The van der Waals surface area contributed by atoms with Gasteiger partial charge in [-0.15, -0.1) is 0 Å². The Hall–Kier alpha value is -3.57. The molecular formula is C24H18ClN3O2. The summed E-state index contributed by atoms with van der Waals surface area (Å²) in [6, 6.07) is 22.1. The second-order valence-electron chi connectivity index (χ2n) is 7.27. The molecule has 30 heavy (non-hydrogen) atoms. The second-order valence-corrected chi connectivity index (χ2v) is 7.70. The third-order valence-corrected chi connectivity index (χ3v) is 5.67. The lowest BCUT2D eigenvalue weighted by molar-refractivity contribution is -0.117. The van der Waals surface area contributed by atoms with Gasteiger partial charge in [0.2, 0.25) is 5.91 Å². The number of aromatic amines is 1. The zero-order chi connectivity index (χ0) is 20.7. The van der Waals surface area contributed by atoms with Crippen molar-refractivity contribution in [1.82, 2.24) is 9.88 Å². The molecule has 0 bridgehead atoms. The highest BCUT2D eigenvalue weighted by molar-refractivity contribution is 6.30. The summed E-state index contributed by atoms with van der Waals surface area (Å²) in [4.78, 5) is 30.9. The van der Waals surface area contributed by atoms with Crippen molar-refractivity contribution in [3.8, 4) is 0 Å². The molecule has 6 heteroatoms. The zero-order valence-corrected chi connectivity index (χ0v) is 16.7. The number of nitrogens with one attached hydrogen (secondary N) is 2. The fraction of sp³-hybridized carbons (Fsp3) is 0.0833. The Morgan fingerprint density at radius 1 is 0.967 bits per heavy atom. The normalized spacial score (nSPS) is 15.4. The Bertz CT molecular complexity index is 1260. The molecule has 0 saturated carbocycles. The molecule has 2 amide bonds. The van der Waals surface area contributed by atoms with Gasteiger partial charge in [0.25, 0.3) is 5.91 Å². The van der Waals surface area contributed by atoms with Crippen LogP contribution in [0.15, 0.2) is 79.0 Å². The van der Waals surface area contributed by atoms with E-state index in [1.165, 1.54) is 0 Å². The van der Waals surface area contributed by atoms with E-state index in [9.17, 15) is 9.59 Å². The van der Waals surface area contributed by atoms with Crippen molar-refractivity contribution < 1.29 is 9.59 Å². The van der Waals surface area contributed by atoms with E-state index < -0.39 is 0 Å². The Kier molecular flexibility index (Phi) is 4.52. The average Bonchev–Trinajstić information content (AvgIpc) is 3.29. The van der Waals surface area contributed by atoms with Gasteiger partial charge in [-0.2, -0.15) is 0 Å². The molecule has 1 atom stereocenters. The van der Waals surface area contributed by atoms with Gasteiger partial charge >= 0.3 is 0 Å². The molecule has 0 aliphatic carbocycles. The van der Waals surface area contributed by atoms with Crippen molar-refractivity contribution in [2.75, 3.05) is 11.9 Å². The third kappa shape index (κ3) is 3.13. The summed E-state index contributed by atoms with van der Waals surface area (Å²) >= 11 is 5.91. The van der Waals surface area contributed by atoms with Crippen LogP contribution >= 0.6 is 11.6 Å². The van der Waals surface area contributed by atoms with Gasteiger partial charge in [0.1, 0.15) is 6.54 Å². The van der Waals surface area contributed by atoms with Crippen molar-refractivity contribution >= 4 is 40.0 Å². The second kappa shape index (κ2) is 7.35. The molecule has 2 heterocycles. The Morgan fingerprint density at radius 2 is 1.70 bits per heavy atom. The van der Waals surface area contributed by atoms with Crippen molar-refractivity contribution in [2.45, 2.75) is 6.04 Å². The molecule has 0 radical (unpaired) electrons. The summed E-state index contributed by atoms with van der Waals surface area (Å²) in [6.45, 7) is -0.0552. The quantitative estimate of drug-likeness (QED) is 0.492. The van der Waals surface area contributed by atoms with Crippen LogP contribution in [0.4, 0.5) is 5.69 Å². The lowest BCUT2D eigenvalue weighted by Gasteiger charge is -2.25. The van der Waals surface area contributed by atoms with Crippen LogP contribution in [-0.4, -0.2) is 28.2 Å². The smallest absolute Gasteiger partial charge is 0.255 e. The van der Waals surface area contributed by atoms with Gasteiger partial charge < -0.3 is 15.2 Å². The number of amides is 2. The minimum Gasteiger partial charge on any atom is -0.361 e. The highest BCUT2D eigenvalue weighted by Gasteiger charge is 2.39. The number of fused-ring (bicyclic) bond motifs is 2. The van der Waals surface area contributed by atoms with Crippen molar-refractivity contribution in [2.24, 2.45) is 0 Å². The fourth-order valence-electron chi connectivity index (χ4n) is 4.08. The van der Waals surface area contributed by atoms with Crippen molar-refractivity contribution in [3.63, 3.8) is 0 Å². The highest BCUT2D eigenvalue weighted by atomic mass is 35.5. The summed E-state index contributed by atoms with van der Waals surface area (Å²) in [5.74, 6) is -0.407. The first-order valence-corrected chi connectivity index (χ1v) is 10.0. The van der Waals surface area contributed by atoms with E-state index >= 15 is 0 Å². The van der Waals surface area contributed by atoms with Gasteiger partial charge in [0.15, 0.2) is 0 Å². The number of aromatic nitrogens is 1. The standard InChI is InChI=1S/C24H18ClN3O2/c25-15-9-11-16(12-10-15)27-22(29)14-28-23(18-6-1-2-7-19(18)24(28)30)20-13-26-21-8-4-3-5-17(20)21/h1-13,23,26H,14H2,(H,27,29)/t23-/m0/s1. The predicted molar refractivity (Wildman–Crippen MR) is 118 cm³/mol. The number of nitrogens with zero attached hydrogens (tertiary/aromatic N) is 1. The van der Waals surface area contributed by atoms with E-state index in [-0.39, 0.29) is 24.4 Å². The highest BCUT2D eigenvalue weighted by Crippen LogP contribution is 2.40. The van der Waals surface area contributed by atoms with Crippen LogP contribution in [-0.2, 0) is 4.79 Å². The molecule has 1 aliphatic rings. The first kappa shape index (κ1) is 18.5. The topological polar surface area (TPSA) is 65.2 Å². The summed E-state index contributed by atoms with van der Waals surface area (Å²) < 4.78 is 0. The summed E-state index contributed by atoms with van der Waals surface area (Å²) in [7, 11) is 0. The molecule has 1 aromatic heterocycles. The number of rotatable bonds is 4. The molecule has 4 aromatic rings. The molecule has 0 spiro atoms. The third-order valence-electron chi connectivity index (χ3n) is 5.42. The molecule has 5 rings (SSSR count). The van der Waals surface area contributed by atoms with E-state index in [0.29, 0.717) is 16.3 Å². The van der Waals surface area contributed by atoms with Crippen LogP contribution < -0.4 is 5.32 Å². The Balaban J connectivity index is 1.50. The summed E-state index contributed by atoms with van der Waals surface area (Å²) in [5.41, 5.74) is 4.15. The molecular weight excluding hydrogens is 398 g/mol. The van der Waals surface area contributed by atoms with Gasteiger partial charge in [0, 0.05) is 38.9 Å². The van der Waals surface area contributed by atoms with Crippen LogP contribution in [0.25, 0.3) is 10.9 Å². The van der Waals surface area contributed by atoms with E-state index in [4.69, 9.17) is 11.6 Å². The first-order chi connectivity index (χ1) is 14.6. The first-order valence-electron chi connectivity index (χ1n) is 9.63. The molecule has 148 valence electrons. The monoisotopic (exact) mass is 415 g/mol. The minimum atomic E-state index is -0.333. The Morgan fingerprint density at radius 3 is 2.53 bits per heavy atom. The molecule has 2 N–H and O–H groups in total. The average molecular weight is 416 g/mol. The van der Waals surface area contributed by atoms with Gasteiger partial charge in [-0.05, 0) is 42.0 Å². The number of hydrogen-bond donors (Lipinski definition) is 2. The number of carbonyl (C=O) groups excluding carboxylic acids is 2. The minimum absolute atomic E-state index is 0.0552. The predicted octanol–water partition coefficient (Wildman–Crippen LogP) is 5.01. The lowest BCUT2D eigenvalue weighted by Crippen LogP contribution is -2.36. The fourth-order valence-corrected chi connectivity index (χ4v) is 4.20. The number of halogens is 1. The van der Waals surface area contributed by atoms with Crippen LogP contribution in [0.5, 0.6) is 0 Å². The molecule has 0 fully saturated rings. The van der Waals surface area contributed by atoms with Gasteiger partial charge in [-0.25, -0.2) is 0 Å². The molecule has 0 unspecified atom stereocenters. The number of benzene rings is 3. The summed E-state index contributed by atoms with van der Waals surface area (Å²) in [5, 5.41) is 4.48. The van der Waals surface area contributed by atoms with E-state index in [0.717, 1.165) is 22.0 Å². The maximum atomic E-state index is 13.2. The molecule has 0 saturated heterocycles. The largest absolute Gasteiger partial charge is 0.361 e. The Labute approximate surface area is 178 Å². The van der Waals surface area contributed by atoms with E-state index in [2.05, 4.69) is 10.3 Å². The lowest BCUT2D eigenvalue weighted by atomic mass is 9.97. The van der Waals surface area contributed by atoms with Crippen LogP contribution in [0.1, 0.15) is 27.5 Å². The maximum absolute atomic E-state index is 13.2. The summed E-state index contributed by atoms with van der Waals surface area (Å²) in [6.07, 6.45) is 1.93. The zero-order valence-electron chi connectivity index (χ0n) is 15.9. The van der Waals surface area contributed by atoms with Crippen molar-refractivity contribution in [1.29, 1.82) is 0 Å². The number of carbonyl (C=O) groups is 2. The van der Waals surface area contributed by atoms with Crippen LogP contribution in [0.3, 0.4) is 0 Å².